The summed E-state index contributed by atoms with van der Waals surface area (Å²) in [6.45, 7) is 4.61. The molecule has 2 atom stereocenters. The summed E-state index contributed by atoms with van der Waals surface area (Å²) in [6, 6.07) is 18.7. The first kappa shape index (κ1) is 22.7. The molecule has 2 N–H and O–H groups in total. The Morgan fingerprint density at radius 2 is 1.89 bits per heavy atom. The molecule has 176 valence electrons. The minimum absolute atomic E-state index is 0.144. The average Bonchev–Trinajstić information content (AvgIpc) is 3.35. The molecule has 0 amide bonds. The van der Waals surface area contributed by atoms with Gasteiger partial charge in [-0.3, -0.25) is 9.97 Å². The Kier molecular flexibility index (Phi) is 6.05. The number of para-hydroxylation sites is 1. The minimum Gasteiger partial charge on any atom is -0.478 e. The van der Waals surface area contributed by atoms with E-state index >= 15 is 0 Å². The number of nitrogens with zero attached hydrogens (tertiary/aromatic N) is 4. The number of nitrogens with one attached hydrogen (secondary N) is 1. The van der Waals surface area contributed by atoms with Crippen LogP contribution in [0.2, 0.25) is 0 Å². The highest BCUT2D eigenvalue weighted by atomic mass is 32.1. The van der Waals surface area contributed by atoms with Gasteiger partial charge in [-0.25, -0.2) is 4.79 Å². The van der Waals surface area contributed by atoms with Crippen LogP contribution in [0.15, 0.2) is 79.3 Å². The summed E-state index contributed by atoms with van der Waals surface area (Å²) in [7, 11) is 0. The number of hydrogen-bond acceptors (Lipinski definition) is 4. The lowest BCUT2D eigenvalue weighted by atomic mass is 9.96. The van der Waals surface area contributed by atoms with E-state index in [9.17, 15) is 9.90 Å². The van der Waals surface area contributed by atoms with Gasteiger partial charge in [0.15, 0.2) is 5.11 Å². The molecule has 4 aromatic rings. The van der Waals surface area contributed by atoms with E-state index in [1.807, 2.05) is 67.1 Å². The molecule has 35 heavy (non-hydrogen) atoms. The van der Waals surface area contributed by atoms with Crippen LogP contribution < -0.4 is 5.32 Å². The first-order chi connectivity index (χ1) is 17.0. The highest BCUT2D eigenvalue weighted by Crippen LogP contribution is 2.42. The lowest BCUT2D eigenvalue weighted by Gasteiger charge is -2.28. The maximum absolute atomic E-state index is 12.0. The molecule has 0 aliphatic carbocycles. The number of aromatic nitrogens is 3. The third kappa shape index (κ3) is 4.17. The number of benzene rings is 1. The SMILES string of the molecule is Cc1cc([C@@H]2[C@H](c3ccccn3)NC(=S)N2Cc2cccnc2)c(C)n1-c1ccccc1C(=O)O. The van der Waals surface area contributed by atoms with Crippen molar-refractivity contribution in [1.29, 1.82) is 0 Å². The van der Waals surface area contributed by atoms with Crippen molar-refractivity contribution in [2.24, 2.45) is 0 Å². The number of carboxylic acids is 1. The van der Waals surface area contributed by atoms with Gasteiger partial charge in [0.1, 0.15) is 0 Å². The quantitative estimate of drug-likeness (QED) is 0.383. The van der Waals surface area contributed by atoms with Crippen LogP contribution in [0.3, 0.4) is 0 Å². The molecule has 5 rings (SSSR count). The Labute approximate surface area is 209 Å². The molecule has 1 aromatic carbocycles. The number of hydrogen-bond donors (Lipinski definition) is 2. The first-order valence-corrected chi connectivity index (χ1v) is 11.7. The second-order valence-electron chi connectivity index (χ2n) is 8.60. The Morgan fingerprint density at radius 1 is 1.09 bits per heavy atom. The standard InChI is InChI=1S/C27H25N5O2S/c1-17-14-21(18(2)32(17)23-11-4-3-9-20(23)26(33)34)25-24(22-10-5-6-13-29-22)30-27(35)31(25)16-19-8-7-12-28-15-19/h3-15,24-25H,16H2,1-2H3,(H,30,35)(H,33,34)/t24-,25+/m0/s1. The van der Waals surface area contributed by atoms with E-state index < -0.39 is 5.97 Å². The van der Waals surface area contributed by atoms with Gasteiger partial charge in [0.2, 0.25) is 0 Å². The summed E-state index contributed by atoms with van der Waals surface area (Å²) in [6.07, 6.45) is 5.39. The minimum atomic E-state index is -0.956. The topological polar surface area (TPSA) is 83.3 Å². The number of rotatable bonds is 6. The Hall–Kier alpha value is -4.04. The third-order valence-corrected chi connectivity index (χ3v) is 6.79. The molecular weight excluding hydrogens is 458 g/mol. The van der Waals surface area contributed by atoms with Crippen molar-refractivity contribution in [3.8, 4) is 5.69 Å². The summed E-state index contributed by atoms with van der Waals surface area (Å²) in [5, 5.41) is 13.9. The third-order valence-electron chi connectivity index (χ3n) is 6.44. The van der Waals surface area contributed by atoms with Crippen LogP contribution in [-0.2, 0) is 6.54 Å². The zero-order chi connectivity index (χ0) is 24.5. The van der Waals surface area contributed by atoms with E-state index in [1.54, 1.807) is 24.5 Å². The molecule has 0 saturated carbocycles. The predicted octanol–water partition coefficient (Wildman–Crippen LogP) is 4.76. The van der Waals surface area contributed by atoms with E-state index in [-0.39, 0.29) is 17.6 Å². The first-order valence-electron chi connectivity index (χ1n) is 11.3. The number of aryl methyl sites for hydroxylation is 1. The van der Waals surface area contributed by atoms with E-state index in [4.69, 9.17) is 12.2 Å². The van der Waals surface area contributed by atoms with Crippen LogP contribution in [0.5, 0.6) is 0 Å². The maximum atomic E-state index is 12.0. The van der Waals surface area contributed by atoms with Crippen molar-refractivity contribution in [3.63, 3.8) is 0 Å². The summed E-state index contributed by atoms with van der Waals surface area (Å²) >= 11 is 5.81. The van der Waals surface area contributed by atoms with Crippen LogP contribution in [0.4, 0.5) is 0 Å². The number of carbonyl (C=O) groups is 1. The van der Waals surface area contributed by atoms with Gasteiger partial charge in [-0.1, -0.05) is 24.3 Å². The zero-order valence-electron chi connectivity index (χ0n) is 19.4. The predicted molar refractivity (Wildman–Crippen MR) is 137 cm³/mol. The highest BCUT2D eigenvalue weighted by molar-refractivity contribution is 7.80. The summed E-state index contributed by atoms with van der Waals surface area (Å²) in [4.78, 5) is 23.0. The van der Waals surface area contributed by atoms with Crippen molar-refractivity contribution in [2.45, 2.75) is 32.5 Å². The van der Waals surface area contributed by atoms with Crippen molar-refractivity contribution in [3.05, 3.63) is 113 Å². The van der Waals surface area contributed by atoms with Gasteiger partial charge in [0.25, 0.3) is 0 Å². The molecule has 0 spiro atoms. The van der Waals surface area contributed by atoms with Crippen molar-refractivity contribution in [2.75, 3.05) is 0 Å². The van der Waals surface area contributed by atoms with E-state index in [2.05, 4.69) is 26.3 Å². The molecule has 1 saturated heterocycles. The smallest absolute Gasteiger partial charge is 0.337 e. The van der Waals surface area contributed by atoms with Gasteiger partial charge in [0, 0.05) is 36.5 Å². The Morgan fingerprint density at radius 3 is 2.60 bits per heavy atom. The number of pyridine rings is 2. The number of carboxylic acid groups (broad SMARTS) is 1. The summed E-state index contributed by atoms with van der Waals surface area (Å²) in [5.41, 5.74) is 5.82. The Balaban J connectivity index is 1.65. The second kappa shape index (κ2) is 9.31. The van der Waals surface area contributed by atoms with Crippen LogP contribution in [0, 0.1) is 13.8 Å². The largest absolute Gasteiger partial charge is 0.478 e. The van der Waals surface area contributed by atoms with E-state index in [0.717, 1.165) is 28.2 Å². The van der Waals surface area contributed by atoms with Gasteiger partial charge < -0.3 is 19.9 Å². The molecule has 0 unspecified atom stereocenters. The van der Waals surface area contributed by atoms with E-state index in [1.165, 1.54) is 0 Å². The van der Waals surface area contributed by atoms with Crippen LogP contribution in [0.25, 0.3) is 5.69 Å². The van der Waals surface area contributed by atoms with Gasteiger partial charge >= 0.3 is 5.97 Å². The number of thiocarbonyl (C=S) groups is 1. The fourth-order valence-electron chi connectivity index (χ4n) is 4.91. The van der Waals surface area contributed by atoms with Gasteiger partial charge in [-0.2, -0.15) is 0 Å². The van der Waals surface area contributed by atoms with Crippen LogP contribution in [-0.4, -0.2) is 35.6 Å². The highest BCUT2D eigenvalue weighted by Gasteiger charge is 2.41. The number of aromatic carboxylic acids is 1. The molecule has 1 aliphatic rings. The Bertz CT molecular complexity index is 1390. The van der Waals surface area contributed by atoms with Crippen molar-refractivity contribution in [1.82, 2.24) is 24.8 Å². The molecule has 1 aliphatic heterocycles. The zero-order valence-corrected chi connectivity index (χ0v) is 20.2. The normalized spacial score (nSPS) is 17.4. The summed E-state index contributed by atoms with van der Waals surface area (Å²) < 4.78 is 2.01. The van der Waals surface area contributed by atoms with E-state index in [0.29, 0.717) is 17.3 Å². The maximum Gasteiger partial charge on any atom is 0.337 e. The van der Waals surface area contributed by atoms with Gasteiger partial charge in [-0.05, 0) is 73.6 Å². The molecule has 1 fully saturated rings. The fourth-order valence-corrected chi connectivity index (χ4v) is 5.22. The average molecular weight is 484 g/mol. The summed E-state index contributed by atoms with van der Waals surface area (Å²) in [5.74, 6) is -0.956. The van der Waals surface area contributed by atoms with Gasteiger partial charge in [0.05, 0.1) is 29.0 Å². The lowest BCUT2D eigenvalue weighted by molar-refractivity contribution is 0.0697. The molecule has 0 bridgehead atoms. The fraction of sp³-hybridized carbons (Fsp3) is 0.185. The van der Waals surface area contributed by atoms with Gasteiger partial charge in [-0.15, -0.1) is 0 Å². The van der Waals surface area contributed by atoms with Crippen molar-refractivity contribution >= 4 is 23.3 Å². The molecule has 7 nitrogen and oxygen atoms in total. The molecular formula is C27H25N5O2S. The van der Waals surface area contributed by atoms with Crippen molar-refractivity contribution < 1.29 is 9.90 Å². The lowest BCUT2D eigenvalue weighted by Crippen LogP contribution is -2.29. The molecule has 8 heteroatoms. The second-order valence-corrected chi connectivity index (χ2v) is 8.99. The molecule has 0 radical (unpaired) electrons. The van der Waals surface area contributed by atoms with Crippen LogP contribution >= 0.6 is 12.2 Å². The van der Waals surface area contributed by atoms with Crippen LogP contribution in [0.1, 0.15) is 50.7 Å². The molecule has 3 aromatic heterocycles. The molecule has 4 heterocycles. The monoisotopic (exact) mass is 483 g/mol.